The van der Waals surface area contributed by atoms with E-state index in [1.54, 1.807) is 0 Å². The van der Waals surface area contributed by atoms with Gasteiger partial charge in [-0.05, 0) is 26.7 Å². The van der Waals surface area contributed by atoms with Crippen LogP contribution in [-0.2, 0) is 9.53 Å². The topological polar surface area (TPSA) is 41.6 Å². The molecule has 1 saturated carbocycles. The molecule has 0 radical (unpaired) electrons. The molecular formula is C16H30N2O2. The number of hydrogen-bond acceptors (Lipinski definition) is 3. The molecule has 20 heavy (non-hydrogen) atoms. The number of nitrogens with one attached hydrogen (secondary N) is 1. The second kappa shape index (κ2) is 7.99. The van der Waals surface area contributed by atoms with Crippen molar-refractivity contribution in [2.24, 2.45) is 0 Å². The summed E-state index contributed by atoms with van der Waals surface area (Å²) >= 11 is 0. The highest BCUT2D eigenvalue weighted by Gasteiger charge is 2.24. The molecule has 1 heterocycles. The average molecular weight is 282 g/mol. The van der Waals surface area contributed by atoms with E-state index in [9.17, 15) is 4.79 Å². The molecule has 2 rings (SSSR count). The summed E-state index contributed by atoms with van der Waals surface area (Å²) in [6.45, 7) is 6.41. The summed E-state index contributed by atoms with van der Waals surface area (Å²) < 4.78 is 5.70. The van der Waals surface area contributed by atoms with Gasteiger partial charge < -0.3 is 10.1 Å². The van der Waals surface area contributed by atoms with Gasteiger partial charge in [0.15, 0.2) is 0 Å². The minimum Gasteiger partial charge on any atom is -0.373 e. The van der Waals surface area contributed by atoms with E-state index in [4.69, 9.17) is 4.74 Å². The van der Waals surface area contributed by atoms with Crippen LogP contribution in [0.5, 0.6) is 0 Å². The van der Waals surface area contributed by atoms with Gasteiger partial charge in [0, 0.05) is 19.1 Å². The van der Waals surface area contributed by atoms with Crippen LogP contribution in [0.3, 0.4) is 0 Å². The summed E-state index contributed by atoms with van der Waals surface area (Å²) in [6.07, 6.45) is 9.30. The third-order valence-electron chi connectivity index (χ3n) is 4.33. The number of ether oxygens (including phenoxy) is 1. The molecule has 1 N–H and O–H groups in total. The Hall–Kier alpha value is -0.610. The number of carbonyl (C=O) groups excluding carboxylic acids is 1. The van der Waals surface area contributed by atoms with Crippen molar-refractivity contribution in [3.63, 3.8) is 0 Å². The monoisotopic (exact) mass is 282 g/mol. The molecule has 0 aromatic carbocycles. The van der Waals surface area contributed by atoms with E-state index in [0.717, 1.165) is 25.9 Å². The molecule has 1 saturated heterocycles. The molecule has 0 bridgehead atoms. The van der Waals surface area contributed by atoms with Crippen LogP contribution < -0.4 is 5.32 Å². The molecule has 1 amide bonds. The lowest BCUT2D eigenvalue weighted by molar-refractivity contribution is -0.126. The summed E-state index contributed by atoms with van der Waals surface area (Å²) in [6, 6.07) is 0.402. The minimum absolute atomic E-state index is 0.192. The van der Waals surface area contributed by atoms with Crippen LogP contribution in [-0.4, -0.2) is 48.7 Å². The van der Waals surface area contributed by atoms with Crippen molar-refractivity contribution >= 4 is 5.91 Å². The average Bonchev–Trinajstić information content (AvgIpc) is 2.31. The Morgan fingerprint density at radius 3 is 2.20 bits per heavy atom. The van der Waals surface area contributed by atoms with Crippen molar-refractivity contribution in [2.45, 2.75) is 77.0 Å². The molecule has 0 unspecified atom stereocenters. The van der Waals surface area contributed by atoms with Crippen molar-refractivity contribution in [2.75, 3.05) is 19.6 Å². The normalized spacial score (nSPS) is 30.5. The molecule has 4 heteroatoms. The van der Waals surface area contributed by atoms with Gasteiger partial charge in [0.1, 0.15) is 0 Å². The zero-order valence-corrected chi connectivity index (χ0v) is 13.1. The van der Waals surface area contributed by atoms with E-state index in [1.807, 2.05) is 0 Å². The fourth-order valence-electron chi connectivity index (χ4n) is 3.49. The van der Waals surface area contributed by atoms with E-state index < -0.39 is 0 Å². The maximum atomic E-state index is 12.2. The maximum Gasteiger partial charge on any atom is 0.234 e. The summed E-state index contributed by atoms with van der Waals surface area (Å²) in [4.78, 5) is 14.4. The Morgan fingerprint density at radius 1 is 1.05 bits per heavy atom. The quantitative estimate of drug-likeness (QED) is 0.864. The first-order chi connectivity index (χ1) is 9.63. The van der Waals surface area contributed by atoms with Crippen molar-refractivity contribution in [1.82, 2.24) is 10.2 Å². The molecule has 1 aliphatic heterocycles. The molecule has 0 spiro atoms. The predicted octanol–water partition coefficient (Wildman–Crippen LogP) is 2.32. The summed E-state index contributed by atoms with van der Waals surface area (Å²) in [7, 11) is 0. The van der Waals surface area contributed by atoms with E-state index in [-0.39, 0.29) is 18.1 Å². The first kappa shape index (κ1) is 15.8. The van der Waals surface area contributed by atoms with E-state index >= 15 is 0 Å². The van der Waals surface area contributed by atoms with Gasteiger partial charge in [0.2, 0.25) is 5.91 Å². The van der Waals surface area contributed by atoms with Crippen LogP contribution in [0.25, 0.3) is 0 Å². The van der Waals surface area contributed by atoms with Crippen LogP contribution >= 0.6 is 0 Å². The first-order valence-electron chi connectivity index (χ1n) is 8.30. The summed E-state index contributed by atoms with van der Waals surface area (Å²) in [5.74, 6) is 0.192. The molecule has 4 nitrogen and oxygen atoms in total. The smallest absolute Gasteiger partial charge is 0.234 e. The van der Waals surface area contributed by atoms with E-state index in [0.29, 0.717) is 12.6 Å². The lowest BCUT2D eigenvalue weighted by atomic mass is 9.97. The lowest BCUT2D eigenvalue weighted by Crippen LogP contribution is -2.50. The minimum atomic E-state index is 0.192. The van der Waals surface area contributed by atoms with E-state index in [1.165, 1.54) is 32.1 Å². The number of morpholine rings is 1. The fourth-order valence-corrected chi connectivity index (χ4v) is 3.49. The molecule has 2 fully saturated rings. The predicted molar refractivity (Wildman–Crippen MR) is 80.7 cm³/mol. The lowest BCUT2D eigenvalue weighted by Gasteiger charge is -2.35. The zero-order chi connectivity index (χ0) is 14.4. The van der Waals surface area contributed by atoms with Crippen LogP contribution in [0.1, 0.15) is 58.8 Å². The Kier molecular flexibility index (Phi) is 6.30. The molecule has 116 valence electrons. The highest BCUT2D eigenvalue weighted by atomic mass is 16.5. The fraction of sp³-hybridized carbons (Fsp3) is 0.938. The second-order valence-electron chi connectivity index (χ2n) is 6.56. The number of rotatable bonds is 3. The van der Waals surface area contributed by atoms with Crippen LogP contribution in [0.2, 0.25) is 0 Å². The van der Waals surface area contributed by atoms with Crippen LogP contribution in [0.4, 0.5) is 0 Å². The van der Waals surface area contributed by atoms with Crippen LogP contribution in [0, 0.1) is 0 Å². The van der Waals surface area contributed by atoms with Crippen molar-refractivity contribution in [1.29, 1.82) is 0 Å². The van der Waals surface area contributed by atoms with Gasteiger partial charge in [-0.2, -0.15) is 0 Å². The van der Waals surface area contributed by atoms with Gasteiger partial charge >= 0.3 is 0 Å². The molecule has 0 aromatic heterocycles. The van der Waals surface area contributed by atoms with Gasteiger partial charge in [-0.25, -0.2) is 0 Å². The number of hydrogen-bond donors (Lipinski definition) is 1. The molecule has 2 aliphatic rings. The van der Waals surface area contributed by atoms with Crippen molar-refractivity contribution < 1.29 is 9.53 Å². The van der Waals surface area contributed by atoms with Gasteiger partial charge in [-0.15, -0.1) is 0 Å². The Balaban J connectivity index is 1.73. The van der Waals surface area contributed by atoms with Gasteiger partial charge in [-0.3, -0.25) is 9.69 Å². The Labute approximate surface area is 123 Å². The van der Waals surface area contributed by atoms with Crippen molar-refractivity contribution in [3.8, 4) is 0 Å². The van der Waals surface area contributed by atoms with Crippen LogP contribution in [0.15, 0.2) is 0 Å². The maximum absolute atomic E-state index is 12.2. The molecule has 1 aliphatic carbocycles. The highest BCUT2D eigenvalue weighted by molar-refractivity contribution is 5.78. The Morgan fingerprint density at radius 2 is 1.60 bits per heavy atom. The number of carbonyl (C=O) groups is 1. The van der Waals surface area contributed by atoms with Gasteiger partial charge in [0.05, 0.1) is 18.8 Å². The molecular weight excluding hydrogens is 252 g/mol. The largest absolute Gasteiger partial charge is 0.373 e. The SMILES string of the molecule is C[C@@H]1CN(CC(=O)NC2CCCCCCC2)C[C@@H](C)O1. The highest BCUT2D eigenvalue weighted by Crippen LogP contribution is 2.17. The van der Waals surface area contributed by atoms with Gasteiger partial charge in [-0.1, -0.05) is 32.1 Å². The summed E-state index contributed by atoms with van der Waals surface area (Å²) in [5.41, 5.74) is 0. The zero-order valence-electron chi connectivity index (χ0n) is 13.1. The number of amides is 1. The number of nitrogens with zero attached hydrogens (tertiary/aromatic N) is 1. The van der Waals surface area contributed by atoms with Gasteiger partial charge in [0.25, 0.3) is 0 Å². The molecule has 2 atom stereocenters. The summed E-state index contributed by atoms with van der Waals surface area (Å²) in [5, 5.41) is 3.24. The van der Waals surface area contributed by atoms with Crippen molar-refractivity contribution in [3.05, 3.63) is 0 Å². The third kappa shape index (κ3) is 5.41. The third-order valence-corrected chi connectivity index (χ3v) is 4.33. The standard InChI is InChI=1S/C16H30N2O2/c1-13-10-18(11-14(2)20-13)12-16(19)17-15-8-6-4-3-5-7-9-15/h13-15H,3-12H2,1-2H3,(H,17,19)/t13-,14-/m1/s1. The first-order valence-corrected chi connectivity index (χ1v) is 8.30. The Bertz CT molecular complexity index is 291. The molecule has 0 aromatic rings. The second-order valence-corrected chi connectivity index (χ2v) is 6.56. The van der Waals surface area contributed by atoms with E-state index in [2.05, 4.69) is 24.1 Å².